The molecule has 0 saturated carbocycles. The number of nitrogens with one attached hydrogen (secondary N) is 1. The fourth-order valence-electron chi connectivity index (χ4n) is 1.93. The molecule has 1 aromatic carbocycles. The van der Waals surface area contributed by atoms with Gasteiger partial charge in [0, 0.05) is 0 Å². The van der Waals surface area contributed by atoms with E-state index >= 15 is 0 Å². The van der Waals surface area contributed by atoms with Crippen molar-refractivity contribution in [3.05, 3.63) is 30.1 Å². The Balaban J connectivity index is 2.15. The van der Waals surface area contributed by atoms with Crippen molar-refractivity contribution in [1.82, 2.24) is 0 Å². The number of aliphatic hydroxyl groups excluding tert-OH is 1. The maximum absolute atomic E-state index is 13.5. The number of para-hydroxylation sites is 1. The number of hydrogen-bond donors (Lipinski definition) is 2. The molecular formula is C12H16FNOS. The normalized spacial score (nSPS) is 19.4. The van der Waals surface area contributed by atoms with Crippen LogP contribution in [0.5, 0.6) is 0 Å². The Morgan fingerprint density at radius 2 is 2.00 bits per heavy atom. The van der Waals surface area contributed by atoms with Gasteiger partial charge in [0.25, 0.3) is 0 Å². The van der Waals surface area contributed by atoms with Crippen LogP contribution >= 0.6 is 11.8 Å². The Morgan fingerprint density at radius 3 is 2.62 bits per heavy atom. The maximum atomic E-state index is 13.5. The summed E-state index contributed by atoms with van der Waals surface area (Å²) in [5.74, 6) is 1.78. The van der Waals surface area contributed by atoms with Gasteiger partial charge in [-0.25, -0.2) is 4.39 Å². The summed E-state index contributed by atoms with van der Waals surface area (Å²) >= 11 is 1.88. The van der Waals surface area contributed by atoms with Crippen LogP contribution in [0, 0.1) is 5.82 Å². The van der Waals surface area contributed by atoms with Crippen LogP contribution < -0.4 is 5.32 Å². The van der Waals surface area contributed by atoms with Gasteiger partial charge in [-0.15, -0.1) is 0 Å². The van der Waals surface area contributed by atoms with Gasteiger partial charge in [0.15, 0.2) is 0 Å². The molecule has 1 heterocycles. The van der Waals surface area contributed by atoms with Crippen LogP contribution in [0.2, 0.25) is 0 Å². The van der Waals surface area contributed by atoms with Crippen LogP contribution in [-0.4, -0.2) is 28.8 Å². The van der Waals surface area contributed by atoms with E-state index in [9.17, 15) is 9.50 Å². The van der Waals surface area contributed by atoms with Crippen molar-refractivity contribution < 1.29 is 9.50 Å². The molecule has 1 saturated heterocycles. The van der Waals surface area contributed by atoms with Crippen molar-refractivity contribution in [2.45, 2.75) is 18.4 Å². The van der Waals surface area contributed by atoms with E-state index in [1.54, 1.807) is 18.2 Å². The molecule has 2 N–H and O–H groups in total. The van der Waals surface area contributed by atoms with E-state index in [4.69, 9.17) is 0 Å². The average molecular weight is 241 g/mol. The number of aliphatic hydroxyl groups is 1. The lowest BCUT2D eigenvalue weighted by Gasteiger charge is -2.37. The first-order valence-electron chi connectivity index (χ1n) is 5.47. The quantitative estimate of drug-likeness (QED) is 0.852. The summed E-state index contributed by atoms with van der Waals surface area (Å²) in [7, 11) is 0. The molecule has 0 radical (unpaired) electrons. The molecule has 16 heavy (non-hydrogen) atoms. The first-order valence-corrected chi connectivity index (χ1v) is 6.63. The minimum Gasteiger partial charge on any atom is -0.394 e. The Hall–Kier alpha value is -0.740. The largest absolute Gasteiger partial charge is 0.394 e. The molecule has 1 aromatic rings. The molecule has 4 heteroatoms. The minimum absolute atomic E-state index is 0.0574. The van der Waals surface area contributed by atoms with Crippen molar-refractivity contribution in [3.8, 4) is 0 Å². The summed E-state index contributed by atoms with van der Waals surface area (Å²) in [4.78, 5) is 0. The number of hydrogen-bond acceptors (Lipinski definition) is 3. The standard InChI is InChI=1S/C12H16FNOS/c13-10-3-1-2-4-11(10)14-12(9-15)5-7-16-8-6-12/h1-4,14-15H,5-9H2. The van der Waals surface area contributed by atoms with E-state index in [1.165, 1.54) is 6.07 Å². The van der Waals surface area contributed by atoms with E-state index in [0.717, 1.165) is 24.3 Å². The average Bonchev–Trinajstić information content (AvgIpc) is 2.33. The van der Waals surface area contributed by atoms with Crippen molar-refractivity contribution in [2.24, 2.45) is 0 Å². The van der Waals surface area contributed by atoms with Gasteiger partial charge in [-0.05, 0) is 36.5 Å². The van der Waals surface area contributed by atoms with Gasteiger partial charge in [0.1, 0.15) is 5.82 Å². The summed E-state index contributed by atoms with van der Waals surface area (Å²) in [6.45, 7) is 0.0574. The first-order chi connectivity index (χ1) is 7.76. The highest BCUT2D eigenvalue weighted by atomic mass is 32.2. The van der Waals surface area contributed by atoms with Crippen LogP contribution in [0.15, 0.2) is 24.3 Å². The summed E-state index contributed by atoms with van der Waals surface area (Å²) in [5.41, 5.74) is 0.149. The first kappa shape index (κ1) is 11.7. The summed E-state index contributed by atoms with van der Waals surface area (Å²) < 4.78 is 13.5. The highest BCUT2D eigenvalue weighted by molar-refractivity contribution is 7.99. The third kappa shape index (κ3) is 2.50. The second kappa shape index (κ2) is 5.06. The van der Waals surface area contributed by atoms with Gasteiger partial charge in [0.05, 0.1) is 17.8 Å². The second-order valence-electron chi connectivity index (χ2n) is 4.16. The number of benzene rings is 1. The second-order valence-corrected chi connectivity index (χ2v) is 5.38. The highest BCUT2D eigenvalue weighted by Crippen LogP contribution is 2.31. The zero-order chi connectivity index (χ0) is 11.4. The van der Waals surface area contributed by atoms with Crippen LogP contribution in [0.3, 0.4) is 0 Å². The third-order valence-corrected chi connectivity index (χ3v) is 4.01. The van der Waals surface area contributed by atoms with Crippen molar-refractivity contribution >= 4 is 17.4 Å². The molecule has 1 fully saturated rings. The molecule has 0 bridgehead atoms. The lowest BCUT2D eigenvalue weighted by Crippen LogP contribution is -2.45. The van der Waals surface area contributed by atoms with Crippen molar-refractivity contribution in [1.29, 1.82) is 0 Å². The molecule has 0 unspecified atom stereocenters. The minimum atomic E-state index is -0.340. The zero-order valence-electron chi connectivity index (χ0n) is 9.08. The fourth-order valence-corrected chi connectivity index (χ4v) is 3.21. The maximum Gasteiger partial charge on any atom is 0.146 e. The Morgan fingerprint density at radius 1 is 1.31 bits per heavy atom. The molecule has 0 spiro atoms. The predicted octanol–water partition coefficient (Wildman–Crippen LogP) is 2.50. The molecule has 2 nitrogen and oxygen atoms in total. The van der Waals surface area contributed by atoms with Crippen LogP contribution in [0.1, 0.15) is 12.8 Å². The van der Waals surface area contributed by atoms with Crippen LogP contribution in [-0.2, 0) is 0 Å². The Bertz CT molecular complexity index is 353. The number of rotatable bonds is 3. The molecule has 0 amide bonds. The SMILES string of the molecule is OCC1(Nc2ccccc2F)CCSCC1. The molecule has 0 aromatic heterocycles. The van der Waals surface area contributed by atoms with Crippen LogP contribution in [0.4, 0.5) is 10.1 Å². The lowest BCUT2D eigenvalue weighted by atomic mass is 9.93. The molecule has 88 valence electrons. The Kier molecular flexibility index (Phi) is 3.71. The van der Waals surface area contributed by atoms with Gasteiger partial charge in [-0.1, -0.05) is 12.1 Å². The van der Waals surface area contributed by atoms with Crippen molar-refractivity contribution in [2.75, 3.05) is 23.4 Å². The summed E-state index contributed by atoms with van der Waals surface area (Å²) in [5, 5.41) is 12.7. The van der Waals surface area contributed by atoms with E-state index in [0.29, 0.717) is 5.69 Å². The zero-order valence-corrected chi connectivity index (χ0v) is 9.89. The van der Waals surface area contributed by atoms with Crippen molar-refractivity contribution in [3.63, 3.8) is 0 Å². The number of halogens is 1. The summed E-state index contributed by atoms with van der Waals surface area (Å²) in [6.07, 6.45) is 1.75. The van der Waals surface area contributed by atoms with Gasteiger partial charge in [-0.2, -0.15) is 11.8 Å². The Labute approximate surface area is 99.2 Å². The van der Waals surface area contributed by atoms with E-state index in [2.05, 4.69) is 5.32 Å². The van der Waals surface area contributed by atoms with E-state index in [1.807, 2.05) is 11.8 Å². The number of thioether (sulfide) groups is 1. The summed E-state index contributed by atoms with van der Waals surface area (Å²) in [6, 6.07) is 6.62. The highest BCUT2D eigenvalue weighted by Gasteiger charge is 2.31. The van der Waals surface area contributed by atoms with E-state index < -0.39 is 0 Å². The smallest absolute Gasteiger partial charge is 0.146 e. The third-order valence-electron chi connectivity index (χ3n) is 3.03. The molecule has 1 aliphatic heterocycles. The molecule has 0 atom stereocenters. The van der Waals surface area contributed by atoms with Crippen LogP contribution in [0.25, 0.3) is 0 Å². The molecule has 0 aliphatic carbocycles. The topological polar surface area (TPSA) is 32.3 Å². The predicted molar refractivity (Wildman–Crippen MR) is 66.4 cm³/mol. The molecule has 2 rings (SSSR count). The number of anilines is 1. The van der Waals surface area contributed by atoms with Gasteiger partial charge in [-0.3, -0.25) is 0 Å². The molecule has 1 aliphatic rings. The van der Waals surface area contributed by atoms with Gasteiger partial charge < -0.3 is 10.4 Å². The fraction of sp³-hybridized carbons (Fsp3) is 0.500. The van der Waals surface area contributed by atoms with Gasteiger partial charge >= 0.3 is 0 Å². The lowest BCUT2D eigenvalue weighted by molar-refractivity contribution is 0.201. The molecular weight excluding hydrogens is 225 g/mol. The monoisotopic (exact) mass is 241 g/mol. The van der Waals surface area contributed by atoms with E-state index in [-0.39, 0.29) is 18.0 Å². The van der Waals surface area contributed by atoms with Gasteiger partial charge in [0.2, 0.25) is 0 Å².